The van der Waals surface area contributed by atoms with E-state index in [4.69, 9.17) is 9.72 Å². The second-order valence-electron chi connectivity index (χ2n) is 7.41. The number of methoxy groups -OCH3 is 1. The summed E-state index contributed by atoms with van der Waals surface area (Å²) in [4.78, 5) is 33.7. The molecule has 1 aliphatic carbocycles. The zero-order valence-corrected chi connectivity index (χ0v) is 15.1. The molecule has 0 aromatic carbocycles. The van der Waals surface area contributed by atoms with Gasteiger partial charge in [-0.3, -0.25) is 4.79 Å². The number of aromatic amines is 1. The molecule has 0 radical (unpaired) electrons. The van der Waals surface area contributed by atoms with Crippen LogP contribution in [0.15, 0.2) is 11.0 Å². The van der Waals surface area contributed by atoms with Crippen LogP contribution < -0.4 is 5.56 Å². The lowest BCUT2D eigenvalue weighted by atomic mass is 10.0. The van der Waals surface area contributed by atoms with Crippen LogP contribution in [-0.2, 0) is 11.2 Å². The first-order valence-electron chi connectivity index (χ1n) is 9.45. The molecule has 0 spiro atoms. The summed E-state index contributed by atoms with van der Waals surface area (Å²) in [6, 6.07) is 0.00832. The highest BCUT2D eigenvalue weighted by Gasteiger charge is 2.27. The maximum Gasteiger partial charge on any atom is 0.409 e. The van der Waals surface area contributed by atoms with Crippen LogP contribution >= 0.6 is 0 Å². The van der Waals surface area contributed by atoms with E-state index in [2.05, 4.69) is 10.1 Å². The average molecular weight is 359 g/mol. The molecule has 3 heterocycles. The molecule has 1 aliphatic heterocycles. The summed E-state index contributed by atoms with van der Waals surface area (Å²) in [5, 5.41) is 4.94. The first kappa shape index (κ1) is 17.1. The summed E-state index contributed by atoms with van der Waals surface area (Å²) >= 11 is 0. The molecule has 2 aromatic rings. The Labute approximate surface area is 151 Å². The topological polar surface area (TPSA) is 93.1 Å². The molecule has 1 saturated carbocycles. The molecule has 1 atom stereocenters. The zero-order valence-electron chi connectivity index (χ0n) is 15.1. The van der Waals surface area contributed by atoms with E-state index in [1.54, 1.807) is 11.1 Å². The quantitative estimate of drug-likeness (QED) is 0.907. The van der Waals surface area contributed by atoms with Crippen molar-refractivity contribution in [3.05, 3.63) is 22.4 Å². The Bertz CT molecular complexity index is 852. The lowest BCUT2D eigenvalue weighted by Crippen LogP contribution is -2.40. The molecular formula is C18H25N5O3. The lowest BCUT2D eigenvalue weighted by Gasteiger charge is -2.31. The van der Waals surface area contributed by atoms with E-state index in [0.29, 0.717) is 30.0 Å². The van der Waals surface area contributed by atoms with Gasteiger partial charge in [0.1, 0.15) is 11.2 Å². The van der Waals surface area contributed by atoms with Gasteiger partial charge in [0, 0.05) is 19.5 Å². The van der Waals surface area contributed by atoms with Crippen molar-refractivity contribution in [2.45, 2.75) is 51.0 Å². The fraction of sp³-hybridized carbons (Fsp3) is 0.667. The number of aromatic nitrogens is 4. The first-order valence-corrected chi connectivity index (χ1v) is 9.45. The minimum absolute atomic E-state index is 0.00832. The van der Waals surface area contributed by atoms with Crippen LogP contribution in [0.25, 0.3) is 11.0 Å². The summed E-state index contributed by atoms with van der Waals surface area (Å²) < 4.78 is 6.66. The number of ether oxygens (including phenoxy) is 1. The van der Waals surface area contributed by atoms with Crippen LogP contribution in [0.5, 0.6) is 0 Å². The van der Waals surface area contributed by atoms with Gasteiger partial charge in [-0.25, -0.2) is 14.5 Å². The van der Waals surface area contributed by atoms with Crippen LogP contribution in [0, 0.1) is 5.92 Å². The molecule has 1 N–H and O–H groups in total. The third-order valence-electron chi connectivity index (χ3n) is 5.64. The number of carbonyl (C=O) groups excluding carboxylic acids is 1. The smallest absolute Gasteiger partial charge is 0.409 e. The summed E-state index contributed by atoms with van der Waals surface area (Å²) in [5.41, 5.74) is 0.494. The van der Waals surface area contributed by atoms with E-state index < -0.39 is 0 Å². The van der Waals surface area contributed by atoms with Crippen LogP contribution in [0.1, 0.15) is 50.4 Å². The predicted molar refractivity (Wildman–Crippen MR) is 96.1 cm³/mol. The highest BCUT2D eigenvalue weighted by atomic mass is 16.5. The summed E-state index contributed by atoms with van der Waals surface area (Å²) in [6.45, 7) is 1.21. The van der Waals surface area contributed by atoms with Gasteiger partial charge in [-0.1, -0.05) is 25.7 Å². The van der Waals surface area contributed by atoms with Gasteiger partial charge >= 0.3 is 6.09 Å². The van der Waals surface area contributed by atoms with E-state index >= 15 is 0 Å². The van der Waals surface area contributed by atoms with Crippen molar-refractivity contribution in [1.29, 1.82) is 0 Å². The molecule has 8 nitrogen and oxygen atoms in total. The Balaban J connectivity index is 1.63. The maximum absolute atomic E-state index is 12.5. The Hall–Kier alpha value is -2.38. The summed E-state index contributed by atoms with van der Waals surface area (Å²) in [7, 11) is 1.39. The monoisotopic (exact) mass is 359 g/mol. The van der Waals surface area contributed by atoms with Crippen molar-refractivity contribution in [3.63, 3.8) is 0 Å². The standard InChI is InChI=1S/C18H25N5O3/c1-26-18(25)22-8-4-7-13(11-22)23-16-14(10-19-23)17(24)21-15(20-16)9-12-5-2-3-6-12/h10,12-13H,2-9,11H2,1H3,(H,20,21,24). The fourth-order valence-corrected chi connectivity index (χ4v) is 4.28. The normalized spacial score (nSPS) is 21.4. The number of rotatable bonds is 3. The number of hydrogen-bond acceptors (Lipinski definition) is 5. The number of nitrogens with one attached hydrogen (secondary N) is 1. The largest absolute Gasteiger partial charge is 0.453 e. The molecule has 4 rings (SSSR count). The number of amides is 1. The van der Waals surface area contributed by atoms with Crippen LogP contribution in [0.3, 0.4) is 0 Å². The minimum atomic E-state index is -0.320. The second-order valence-corrected chi connectivity index (χ2v) is 7.41. The first-order chi connectivity index (χ1) is 12.7. The number of likely N-dealkylation sites (tertiary alicyclic amines) is 1. The van der Waals surface area contributed by atoms with Crippen LogP contribution in [0.4, 0.5) is 4.79 Å². The molecule has 1 unspecified atom stereocenters. The highest BCUT2D eigenvalue weighted by Crippen LogP contribution is 2.28. The molecule has 2 aliphatic rings. The molecule has 140 valence electrons. The van der Waals surface area contributed by atoms with Crippen molar-refractivity contribution in [1.82, 2.24) is 24.6 Å². The van der Waals surface area contributed by atoms with Crippen molar-refractivity contribution < 1.29 is 9.53 Å². The zero-order chi connectivity index (χ0) is 18.1. The van der Waals surface area contributed by atoms with Gasteiger partial charge in [0.2, 0.25) is 0 Å². The van der Waals surface area contributed by atoms with Gasteiger partial charge in [-0.05, 0) is 18.8 Å². The Morgan fingerprint density at radius 3 is 2.88 bits per heavy atom. The SMILES string of the molecule is COC(=O)N1CCCC(n2ncc3c(=O)[nH]c(CC4CCCC4)nc32)C1. The highest BCUT2D eigenvalue weighted by molar-refractivity contribution is 5.73. The van der Waals surface area contributed by atoms with E-state index in [-0.39, 0.29) is 17.7 Å². The molecule has 1 saturated heterocycles. The van der Waals surface area contributed by atoms with Crippen molar-refractivity contribution >= 4 is 17.1 Å². The van der Waals surface area contributed by atoms with Gasteiger partial charge in [-0.15, -0.1) is 0 Å². The van der Waals surface area contributed by atoms with Crippen molar-refractivity contribution in [2.24, 2.45) is 5.92 Å². The number of carbonyl (C=O) groups is 1. The fourth-order valence-electron chi connectivity index (χ4n) is 4.28. The van der Waals surface area contributed by atoms with Crippen LogP contribution in [-0.4, -0.2) is 50.9 Å². The van der Waals surface area contributed by atoms with Crippen molar-refractivity contribution in [2.75, 3.05) is 20.2 Å². The van der Waals surface area contributed by atoms with Crippen molar-refractivity contribution in [3.8, 4) is 0 Å². The van der Waals surface area contributed by atoms with Gasteiger partial charge in [-0.2, -0.15) is 5.10 Å². The predicted octanol–water partition coefficient (Wildman–Crippen LogP) is 2.26. The van der Waals surface area contributed by atoms with E-state index in [9.17, 15) is 9.59 Å². The molecule has 0 bridgehead atoms. The Morgan fingerprint density at radius 2 is 2.12 bits per heavy atom. The Morgan fingerprint density at radius 1 is 1.31 bits per heavy atom. The molecule has 1 amide bonds. The average Bonchev–Trinajstić information content (AvgIpc) is 3.31. The number of hydrogen-bond donors (Lipinski definition) is 1. The Kier molecular flexibility index (Phi) is 4.65. The molecule has 2 fully saturated rings. The third kappa shape index (κ3) is 3.20. The number of nitrogens with zero attached hydrogens (tertiary/aromatic N) is 4. The molecule has 8 heteroatoms. The number of piperidine rings is 1. The van der Waals surface area contributed by atoms with E-state index in [1.165, 1.54) is 32.8 Å². The third-order valence-corrected chi connectivity index (χ3v) is 5.64. The lowest BCUT2D eigenvalue weighted by molar-refractivity contribution is 0.102. The van der Waals surface area contributed by atoms with E-state index in [0.717, 1.165) is 25.1 Å². The minimum Gasteiger partial charge on any atom is -0.453 e. The maximum atomic E-state index is 12.5. The van der Waals surface area contributed by atoms with Crippen LogP contribution in [0.2, 0.25) is 0 Å². The van der Waals surface area contributed by atoms with Gasteiger partial charge in [0.15, 0.2) is 5.65 Å². The molecule has 2 aromatic heterocycles. The molecular weight excluding hydrogens is 334 g/mol. The number of fused-ring (bicyclic) bond motifs is 1. The second kappa shape index (κ2) is 7.09. The summed E-state index contributed by atoms with van der Waals surface area (Å²) in [5.74, 6) is 1.35. The van der Waals surface area contributed by atoms with E-state index in [1.807, 2.05) is 4.68 Å². The number of H-pyrrole nitrogens is 1. The molecule has 26 heavy (non-hydrogen) atoms. The van der Waals surface area contributed by atoms with Gasteiger partial charge < -0.3 is 14.6 Å². The van der Waals surface area contributed by atoms with Gasteiger partial charge in [0.05, 0.1) is 19.3 Å². The van der Waals surface area contributed by atoms with Gasteiger partial charge in [0.25, 0.3) is 5.56 Å². The summed E-state index contributed by atoms with van der Waals surface area (Å²) in [6.07, 6.45) is 8.79.